The molecular formula is C10H16BrNO2. The fourth-order valence-electron chi connectivity index (χ4n) is 2.14. The van der Waals surface area contributed by atoms with Gasteiger partial charge in [0.2, 0.25) is 5.91 Å². The molecule has 0 aromatic heterocycles. The minimum Gasteiger partial charge on any atom is -0.368 e. The van der Waals surface area contributed by atoms with Crippen molar-refractivity contribution >= 4 is 21.8 Å². The van der Waals surface area contributed by atoms with Crippen LogP contribution in [0.15, 0.2) is 0 Å². The Morgan fingerprint density at radius 2 is 2.14 bits per heavy atom. The third-order valence-corrected chi connectivity index (χ3v) is 4.08. The smallest absolute Gasteiger partial charge is 0.249 e. The number of rotatable bonds is 2. The summed E-state index contributed by atoms with van der Waals surface area (Å²) in [5.41, 5.74) is 0. The van der Waals surface area contributed by atoms with Crippen molar-refractivity contribution in [3.63, 3.8) is 0 Å². The molecule has 3 unspecified atom stereocenters. The molecular weight excluding hydrogens is 246 g/mol. The van der Waals surface area contributed by atoms with Crippen molar-refractivity contribution < 1.29 is 9.53 Å². The summed E-state index contributed by atoms with van der Waals surface area (Å²) in [5, 5.41) is 3.06. The highest BCUT2D eigenvalue weighted by molar-refractivity contribution is 9.09. The van der Waals surface area contributed by atoms with Gasteiger partial charge in [0, 0.05) is 17.5 Å². The predicted molar refractivity (Wildman–Crippen MR) is 57.5 cm³/mol. The number of carbonyl (C=O) groups is 1. The van der Waals surface area contributed by atoms with Crippen LogP contribution in [0.25, 0.3) is 0 Å². The van der Waals surface area contributed by atoms with Crippen molar-refractivity contribution in [2.45, 2.75) is 49.1 Å². The maximum absolute atomic E-state index is 11.7. The molecule has 0 radical (unpaired) electrons. The van der Waals surface area contributed by atoms with E-state index >= 15 is 0 Å². The molecule has 1 aliphatic heterocycles. The Morgan fingerprint density at radius 3 is 2.71 bits per heavy atom. The molecule has 4 heteroatoms. The second-order valence-electron chi connectivity index (χ2n) is 4.06. The minimum absolute atomic E-state index is 0.0823. The summed E-state index contributed by atoms with van der Waals surface area (Å²) >= 11 is 3.59. The fourth-order valence-corrected chi connectivity index (χ4v) is 2.86. The standard InChI is InChI=1S/C10H16BrNO2/c11-7-3-1-4-8(7)12-10(13)9-5-2-6-14-9/h7-9H,1-6H2,(H,12,13). The van der Waals surface area contributed by atoms with Crippen LogP contribution in [0.3, 0.4) is 0 Å². The molecule has 14 heavy (non-hydrogen) atoms. The number of halogens is 1. The summed E-state index contributed by atoms with van der Waals surface area (Å²) in [4.78, 5) is 12.1. The first-order chi connectivity index (χ1) is 6.77. The largest absolute Gasteiger partial charge is 0.368 e. The predicted octanol–water partition coefficient (Wildman–Crippen LogP) is 1.60. The summed E-state index contributed by atoms with van der Waals surface area (Å²) in [6.45, 7) is 0.737. The maximum atomic E-state index is 11.7. The summed E-state index contributed by atoms with van der Waals surface area (Å²) in [6.07, 6.45) is 5.17. The molecule has 0 aromatic carbocycles. The van der Waals surface area contributed by atoms with Crippen LogP contribution in [-0.2, 0) is 9.53 Å². The first-order valence-corrected chi connectivity index (χ1v) is 6.25. The Balaban J connectivity index is 1.81. The second kappa shape index (κ2) is 4.62. The number of hydrogen-bond acceptors (Lipinski definition) is 2. The molecule has 2 rings (SSSR count). The fraction of sp³-hybridized carbons (Fsp3) is 0.900. The monoisotopic (exact) mass is 261 g/mol. The number of nitrogens with one attached hydrogen (secondary N) is 1. The van der Waals surface area contributed by atoms with Crippen molar-refractivity contribution in [3.8, 4) is 0 Å². The molecule has 0 aromatic rings. The number of carbonyl (C=O) groups excluding carboxylic acids is 1. The quantitative estimate of drug-likeness (QED) is 0.767. The first kappa shape index (κ1) is 10.4. The Bertz CT molecular complexity index is 216. The molecule has 1 saturated carbocycles. The van der Waals surface area contributed by atoms with Gasteiger partial charge in [-0.15, -0.1) is 0 Å². The lowest BCUT2D eigenvalue weighted by Gasteiger charge is -2.18. The molecule has 2 aliphatic rings. The summed E-state index contributed by atoms with van der Waals surface area (Å²) in [5.74, 6) is 0.0823. The van der Waals surface area contributed by atoms with Crippen LogP contribution in [0.4, 0.5) is 0 Å². The third kappa shape index (κ3) is 2.28. The zero-order valence-corrected chi connectivity index (χ0v) is 9.76. The van der Waals surface area contributed by atoms with E-state index in [0.29, 0.717) is 10.9 Å². The third-order valence-electron chi connectivity index (χ3n) is 2.98. The van der Waals surface area contributed by atoms with Gasteiger partial charge in [-0.1, -0.05) is 22.4 Å². The molecule has 3 atom stereocenters. The Labute approximate surface area is 92.7 Å². The number of alkyl halides is 1. The number of hydrogen-bond donors (Lipinski definition) is 1. The van der Waals surface area contributed by atoms with Crippen LogP contribution in [0.1, 0.15) is 32.1 Å². The average Bonchev–Trinajstić information content (AvgIpc) is 2.77. The lowest BCUT2D eigenvalue weighted by Crippen LogP contribution is -2.43. The van der Waals surface area contributed by atoms with Gasteiger partial charge in [0.15, 0.2) is 0 Å². The van der Waals surface area contributed by atoms with Crippen LogP contribution in [0.5, 0.6) is 0 Å². The first-order valence-electron chi connectivity index (χ1n) is 5.33. The van der Waals surface area contributed by atoms with Gasteiger partial charge in [0.05, 0.1) is 0 Å². The van der Waals surface area contributed by atoms with Crippen molar-refractivity contribution in [2.75, 3.05) is 6.61 Å². The van der Waals surface area contributed by atoms with Gasteiger partial charge in [0.25, 0.3) is 0 Å². The average molecular weight is 262 g/mol. The summed E-state index contributed by atoms with van der Waals surface area (Å²) in [6, 6.07) is 0.312. The number of ether oxygens (including phenoxy) is 1. The SMILES string of the molecule is O=C(NC1CCCC1Br)C1CCCO1. The second-order valence-corrected chi connectivity index (χ2v) is 5.24. The van der Waals surface area contributed by atoms with Crippen molar-refractivity contribution in [2.24, 2.45) is 0 Å². The highest BCUT2D eigenvalue weighted by Crippen LogP contribution is 2.26. The van der Waals surface area contributed by atoms with Gasteiger partial charge < -0.3 is 10.1 Å². The molecule has 1 saturated heterocycles. The molecule has 1 amide bonds. The van der Waals surface area contributed by atoms with E-state index in [4.69, 9.17) is 4.74 Å². The van der Waals surface area contributed by atoms with Gasteiger partial charge in [-0.05, 0) is 25.7 Å². The summed E-state index contributed by atoms with van der Waals surface area (Å²) < 4.78 is 5.33. The van der Waals surface area contributed by atoms with E-state index in [9.17, 15) is 4.79 Å². The van der Waals surface area contributed by atoms with E-state index < -0.39 is 0 Å². The molecule has 2 fully saturated rings. The van der Waals surface area contributed by atoms with E-state index in [0.717, 1.165) is 32.3 Å². The van der Waals surface area contributed by atoms with Gasteiger partial charge in [-0.25, -0.2) is 0 Å². The molecule has 1 heterocycles. The zero-order chi connectivity index (χ0) is 9.97. The van der Waals surface area contributed by atoms with E-state index in [1.54, 1.807) is 0 Å². The topological polar surface area (TPSA) is 38.3 Å². The van der Waals surface area contributed by atoms with Gasteiger partial charge in [0.1, 0.15) is 6.10 Å². The lowest BCUT2D eigenvalue weighted by molar-refractivity contribution is -0.130. The number of amides is 1. The Hall–Kier alpha value is -0.0900. The summed E-state index contributed by atoms with van der Waals surface area (Å²) in [7, 11) is 0. The highest BCUT2D eigenvalue weighted by atomic mass is 79.9. The molecule has 1 N–H and O–H groups in total. The molecule has 80 valence electrons. The zero-order valence-electron chi connectivity index (χ0n) is 8.17. The Kier molecular flexibility index (Phi) is 3.44. The highest BCUT2D eigenvalue weighted by Gasteiger charge is 2.30. The molecule has 0 spiro atoms. The molecule has 1 aliphatic carbocycles. The van der Waals surface area contributed by atoms with Crippen LogP contribution in [0.2, 0.25) is 0 Å². The van der Waals surface area contributed by atoms with Crippen molar-refractivity contribution in [1.82, 2.24) is 5.32 Å². The minimum atomic E-state index is -0.185. The van der Waals surface area contributed by atoms with Crippen LogP contribution in [0, 0.1) is 0 Å². The molecule has 0 bridgehead atoms. The molecule has 3 nitrogen and oxygen atoms in total. The van der Waals surface area contributed by atoms with Crippen molar-refractivity contribution in [1.29, 1.82) is 0 Å². The van der Waals surface area contributed by atoms with Gasteiger partial charge >= 0.3 is 0 Å². The normalized spacial score (nSPS) is 37.4. The van der Waals surface area contributed by atoms with E-state index in [1.165, 1.54) is 6.42 Å². The van der Waals surface area contributed by atoms with E-state index in [2.05, 4.69) is 21.2 Å². The van der Waals surface area contributed by atoms with Crippen molar-refractivity contribution in [3.05, 3.63) is 0 Å². The van der Waals surface area contributed by atoms with E-state index in [-0.39, 0.29) is 12.0 Å². The maximum Gasteiger partial charge on any atom is 0.249 e. The van der Waals surface area contributed by atoms with Gasteiger partial charge in [-0.3, -0.25) is 4.79 Å². The Morgan fingerprint density at radius 1 is 1.29 bits per heavy atom. The van der Waals surface area contributed by atoms with Crippen LogP contribution >= 0.6 is 15.9 Å². The van der Waals surface area contributed by atoms with E-state index in [1.807, 2.05) is 0 Å². The lowest BCUT2D eigenvalue weighted by atomic mass is 10.2. The van der Waals surface area contributed by atoms with Crippen LogP contribution in [-0.4, -0.2) is 29.5 Å². The van der Waals surface area contributed by atoms with Gasteiger partial charge in [-0.2, -0.15) is 0 Å². The van der Waals surface area contributed by atoms with Crippen LogP contribution < -0.4 is 5.32 Å².